The number of fused-ring (bicyclic) bond motifs is 1. The molecule has 3 heteroatoms. The summed E-state index contributed by atoms with van der Waals surface area (Å²) in [4.78, 5) is 1.70. The summed E-state index contributed by atoms with van der Waals surface area (Å²) >= 11 is 7.45. The second kappa shape index (κ2) is 4.32. The molecular weight excluding hydrogens is 300 g/mol. The first-order valence-corrected chi connectivity index (χ1v) is 7.62. The van der Waals surface area contributed by atoms with E-state index in [4.69, 9.17) is 0 Å². The van der Waals surface area contributed by atoms with Gasteiger partial charge in [0.15, 0.2) is 0 Å². The van der Waals surface area contributed by atoms with Crippen molar-refractivity contribution in [3.63, 3.8) is 0 Å². The fourth-order valence-corrected chi connectivity index (χ4v) is 4.54. The van der Waals surface area contributed by atoms with Gasteiger partial charge in [0.1, 0.15) is 0 Å². The molecule has 1 aromatic carbocycles. The smallest absolute Gasteiger partial charge is 0.0738 e. The van der Waals surface area contributed by atoms with Crippen molar-refractivity contribution in [2.24, 2.45) is 0 Å². The van der Waals surface area contributed by atoms with Gasteiger partial charge in [-0.05, 0) is 23.1 Å². The van der Waals surface area contributed by atoms with E-state index in [2.05, 4.69) is 63.8 Å². The van der Waals surface area contributed by atoms with E-state index in [1.165, 1.54) is 19.8 Å². The summed E-state index contributed by atoms with van der Waals surface area (Å²) < 4.78 is 2.78. The van der Waals surface area contributed by atoms with E-state index in [0.717, 1.165) is 0 Å². The van der Waals surface area contributed by atoms with Crippen molar-refractivity contribution < 1.29 is 0 Å². The summed E-state index contributed by atoms with van der Waals surface area (Å²) in [5, 5.41) is 2.15. The first kappa shape index (κ1) is 10.5. The summed E-state index contributed by atoms with van der Waals surface area (Å²) in [5.41, 5.74) is 1.32. The SMILES string of the molecule is BrC(c1ccccc1)c1cc2sccc2s1. The predicted molar refractivity (Wildman–Crippen MR) is 76.9 cm³/mol. The highest BCUT2D eigenvalue weighted by Gasteiger charge is 2.13. The van der Waals surface area contributed by atoms with Crippen LogP contribution < -0.4 is 0 Å². The molecule has 0 saturated heterocycles. The molecule has 0 N–H and O–H groups in total. The summed E-state index contributed by atoms with van der Waals surface area (Å²) in [6.07, 6.45) is 0. The molecule has 0 aliphatic rings. The molecule has 0 bridgehead atoms. The maximum Gasteiger partial charge on any atom is 0.0738 e. The Bertz CT molecular complexity index is 566. The zero-order valence-electron chi connectivity index (χ0n) is 8.39. The van der Waals surface area contributed by atoms with Crippen LogP contribution in [0, 0.1) is 0 Å². The monoisotopic (exact) mass is 308 g/mol. The Hall–Kier alpha value is -0.640. The molecule has 3 aromatic rings. The van der Waals surface area contributed by atoms with Crippen LogP contribution in [0.15, 0.2) is 47.8 Å². The zero-order valence-corrected chi connectivity index (χ0v) is 11.6. The van der Waals surface area contributed by atoms with Gasteiger partial charge in [0.2, 0.25) is 0 Å². The fourth-order valence-electron chi connectivity index (χ4n) is 1.70. The highest BCUT2D eigenvalue weighted by Crippen LogP contribution is 2.39. The number of thiophene rings is 2. The number of hydrogen-bond donors (Lipinski definition) is 0. The first-order chi connectivity index (χ1) is 7.84. The predicted octanol–water partition coefficient (Wildman–Crippen LogP) is 5.45. The molecular formula is C13H9BrS2. The van der Waals surface area contributed by atoms with E-state index in [1.54, 1.807) is 0 Å². The Morgan fingerprint density at radius 2 is 1.81 bits per heavy atom. The highest BCUT2D eigenvalue weighted by atomic mass is 79.9. The number of benzene rings is 1. The third kappa shape index (κ3) is 1.83. The van der Waals surface area contributed by atoms with Crippen LogP contribution in [0.2, 0.25) is 0 Å². The number of alkyl halides is 1. The van der Waals surface area contributed by atoms with Gasteiger partial charge in [-0.15, -0.1) is 22.7 Å². The van der Waals surface area contributed by atoms with Crippen LogP contribution in [0.4, 0.5) is 0 Å². The van der Waals surface area contributed by atoms with E-state index in [-0.39, 0.29) is 0 Å². The van der Waals surface area contributed by atoms with Gasteiger partial charge in [-0.25, -0.2) is 0 Å². The maximum absolute atomic E-state index is 3.77. The summed E-state index contributed by atoms with van der Waals surface area (Å²) in [5.74, 6) is 0. The van der Waals surface area contributed by atoms with Crippen molar-refractivity contribution in [1.82, 2.24) is 0 Å². The lowest BCUT2D eigenvalue weighted by Gasteiger charge is -2.06. The van der Waals surface area contributed by atoms with Crippen molar-refractivity contribution in [3.8, 4) is 0 Å². The van der Waals surface area contributed by atoms with Gasteiger partial charge in [-0.2, -0.15) is 0 Å². The summed E-state index contributed by atoms with van der Waals surface area (Å²) in [6.45, 7) is 0. The molecule has 0 spiro atoms. The lowest BCUT2D eigenvalue weighted by molar-refractivity contribution is 1.23. The molecule has 0 saturated carbocycles. The lowest BCUT2D eigenvalue weighted by atomic mass is 10.1. The molecule has 1 atom stereocenters. The van der Waals surface area contributed by atoms with E-state index in [1.807, 2.05) is 22.7 Å². The van der Waals surface area contributed by atoms with Crippen LogP contribution in [-0.4, -0.2) is 0 Å². The number of halogens is 1. The van der Waals surface area contributed by atoms with Crippen molar-refractivity contribution in [2.45, 2.75) is 4.83 Å². The minimum atomic E-state index is 0.318. The Balaban J connectivity index is 2.01. The van der Waals surface area contributed by atoms with Crippen molar-refractivity contribution >= 4 is 48.0 Å². The second-order valence-electron chi connectivity index (χ2n) is 3.57. The number of rotatable bonds is 2. The van der Waals surface area contributed by atoms with Gasteiger partial charge in [0, 0.05) is 14.3 Å². The molecule has 0 radical (unpaired) electrons. The standard InChI is InChI=1S/C13H9BrS2/c14-13(9-4-2-1-3-5-9)12-8-11-10(16-12)6-7-15-11/h1-8,13H. The van der Waals surface area contributed by atoms with Gasteiger partial charge < -0.3 is 0 Å². The first-order valence-electron chi connectivity index (χ1n) is 5.00. The third-order valence-corrected chi connectivity index (χ3v) is 5.98. The minimum absolute atomic E-state index is 0.318. The average Bonchev–Trinajstić information content (AvgIpc) is 2.89. The van der Waals surface area contributed by atoms with Crippen LogP contribution in [0.3, 0.4) is 0 Å². The Morgan fingerprint density at radius 3 is 2.56 bits per heavy atom. The Kier molecular flexibility index (Phi) is 2.84. The molecule has 2 heterocycles. The lowest BCUT2D eigenvalue weighted by Crippen LogP contribution is -1.87. The molecule has 3 rings (SSSR count). The van der Waals surface area contributed by atoms with Crippen LogP contribution >= 0.6 is 38.6 Å². The summed E-state index contributed by atoms with van der Waals surface area (Å²) in [6, 6.07) is 15.0. The molecule has 2 aromatic heterocycles. The quantitative estimate of drug-likeness (QED) is 0.552. The Labute approximate surface area is 111 Å². The van der Waals surface area contributed by atoms with Gasteiger partial charge in [0.25, 0.3) is 0 Å². The zero-order chi connectivity index (χ0) is 11.0. The van der Waals surface area contributed by atoms with Crippen molar-refractivity contribution in [3.05, 3.63) is 58.3 Å². The van der Waals surface area contributed by atoms with Crippen LogP contribution in [0.5, 0.6) is 0 Å². The molecule has 0 aliphatic carbocycles. The summed E-state index contributed by atoms with van der Waals surface area (Å²) in [7, 11) is 0. The van der Waals surface area contributed by atoms with Crippen molar-refractivity contribution in [2.75, 3.05) is 0 Å². The maximum atomic E-state index is 3.77. The van der Waals surface area contributed by atoms with Gasteiger partial charge in [-0.3, -0.25) is 0 Å². The van der Waals surface area contributed by atoms with Gasteiger partial charge >= 0.3 is 0 Å². The fraction of sp³-hybridized carbons (Fsp3) is 0.0769. The molecule has 0 amide bonds. The minimum Gasteiger partial charge on any atom is -0.143 e. The molecule has 0 nitrogen and oxygen atoms in total. The van der Waals surface area contributed by atoms with Gasteiger partial charge in [0.05, 0.1) is 4.83 Å². The van der Waals surface area contributed by atoms with Crippen molar-refractivity contribution in [1.29, 1.82) is 0 Å². The van der Waals surface area contributed by atoms with Crippen LogP contribution in [0.25, 0.3) is 9.40 Å². The van der Waals surface area contributed by atoms with E-state index in [9.17, 15) is 0 Å². The van der Waals surface area contributed by atoms with E-state index >= 15 is 0 Å². The highest BCUT2D eigenvalue weighted by molar-refractivity contribution is 9.09. The Morgan fingerprint density at radius 1 is 1.00 bits per heavy atom. The van der Waals surface area contributed by atoms with Gasteiger partial charge in [-0.1, -0.05) is 46.3 Å². The molecule has 0 fully saturated rings. The molecule has 1 unspecified atom stereocenters. The van der Waals surface area contributed by atoms with Crippen LogP contribution in [-0.2, 0) is 0 Å². The molecule has 0 aliphatic heterocycles. The second-order valence-corrected chi connectivity index (χ2v) is 6.55. The topological polar surface area (TPSA) is 0 Å². The average molecular weight is 309 g/mol. The normalized spacial score (nSPS) is 13.1. The number of hydrogen-bond acceptors (Lipinski definition) is 2. The van der Waals surface area contributed by atoms with E-state index in [0.29, 0.717) is 4.83 Å². The largest absolute Gasteiger partial charge is 0.143 e. The molecule has 16 heavy (non-hydrogen) atoms. The van der Waals surface area contributed by atoms with E-state index < -0.39 is 0 Å². The van der Waals surface area contributed by atoms with Crippen LogP contribution in [0.1, 0.15) is 15.3 Å². The molecule has 80 valence electrons. The third-order valence-electron chi connectivity index (χ3n) is 2.50.